The van der Waals surface area contributed by atoms with Crippen LogP contribution in [0.3, 0.4) is 0 Å². The summed E-state index contributed by atoms with van der Waals surface area (Å²) < 4.78 is 13.8. The van der Waals surface area contributed by atoms with Crippen molar-refractivity contribution in [3.63, 3.8) is 0 Å². The van der Waals surface area contributed by atoms with Crippen LogP contribution in [0.4, 0.5) is 9.18 Å². The van der Waals surface area contributed by atoms with Crippen LogP contribution in [0, 0.1) is 17.1 Å². The molecule has 0 fully saturated rings. The van der Waals surface area contributed by atoms with E-state index in [-0.39, 0.29) is 24.2 Å². The number of carbonyl (C=O) groups is 1. The number of hydrogen-bond donors (Lipinski definition) is 2. The van der Waals surface area contributed by atoms with Crippen LogP contribution < -0.4 is 10.6 Å². The highest BCUT2D eigenvalue weighted by Crippen LogP contribution is 2.19. The molecule has 2 N–H and O–H groups in total. The Balaban J connectivity index is 1.86. The lowest BCUT2D eigenvalue weighted by Gasteiger charge is -2.24. The summed E-state index contributed by atoms with van der Waals surface area (Å²) in [7, 11) is 3.90. The molecule has 2 amide bonds. The Bertz CT molecular complexity index is 725. The molecule has 0 radical (unpaired) electrons. The molecule has 24 heavy (non-hydrogen) atoms. The highest BCUT2D eigenvalue weighted by atomic mass is 32.1. The quantitative estimate of drug-likeness (QED) is 0.845. The van der Waals surface area contributed by atoms with Gasteiger partial charge in [-0.25, -0.2) is 9.18 Å². The third kappa shape index (κ3) is 4.78. The van der Waals surface area contributed by atoms with Crippen molar-refractivity contribution in [3.05, 3.63) is 57.5 Å². The number of halogens is 1. The number of nitrogens with zero attached hydrogens (tertiary/aromatic N) is 2. The number of benzene rings is 1. The first kappa shape index (κ1) is 17.9. The maximum atomic E-state index is 13.8. The molecule has 0 aliphatic rings. The van der Waals surface area contributed by atoms with E-state index >= 15 is 0 Å². The van der Waals surface area contributed by atoms with E-state index in [1.54, 1.807) is 11.3 Å². The molecule has 2 rings (SSSR count). The van der Waals surface area contributed by atoms with Gasteiger partial charge in [-0.05, 0) is 48.6 Å². The molecule has 126 valence electrons. The molecular formula is C17H19FN4OS. The van der Waals surface area contributed by atoms with Gasteiger partial charge in [-0.15, -0.1) is 0 Å². The first-order valence-electron chi connectivity index (χ1n) is 7.40. The predicted octanol–water partition coefficient (Wildman–Crippen LogP) is 2.86. The Kier molecular flexibility index (Phi) is 6.29. The van der Waals surface area contributed by atoms with Gasteiger partial charge >= 0.3 is 6.03 Å². The van der Waals surface area contributed by atoms with Crippen molar-refractivity contribution in [3.8, 4) is 6.07 Å². The summed E-state index contributed by atoms with van der Waals surface area (Å²) >= 11 is 1.61. The maximum Gasteiger partial charge on any atom is 0.315 e. The molecule has 1 heterocycles. The van der Waals surface area contributed by atoms with Gasteiger partial charge in [0.15, 0.2) is 0 Å². The first-order valence-corrected chi connectivity index (χ1v) is 8.34. The first-order chi connectivity index (χ1) is 11.5. The molecular weight excluding hydrogens is 327 g/mol. The zero-order valence-corrected chi connectivity index (χ0v) is 14.4. The standard InChI is InChI=1S/C17H19FN4OS/c1-22(2)16(14-5-6-24-11-14)10-21-17(23)20-9-13-4-3-12(8-19)7-15(13)18/h3-7,11,16H,9-10H2,1-2H3,(H2,20,21,23)/t16-/m0/s1. The summed E-state index contributed by atoms with van der Waals surface area (Å²) in [4.78, 5) is 14.0. The summed E-state index contributed by atoms with van der Waals surface area (Å²) in [6.45, 7) is 0.514. The lowest BCUT2D eigenvalue weighted by Crippen LogP contribution is -2.40. The Morgan fingerprint density at radius 1 is 1.38 bits per heavy atom. The van der Waals surface area contributed by atoms with Crippen LogP contribution >= 0.6 is 11.3 Å². The summed E-state index contributed by atoms with van der Waals surface area (Å²) in [5, 5.41) is 18.2. The zero-order valence-electron chi connectivity index (χ0n) is 13.5. The van der Waals surface area contributed by atoms with Crippen molar-refractivity contribution in [1.82, 2.24) is 15.5 Å². The number of urea groups is 1. The van der Waals surface area contributed by atoms with Crippen LogP contribution in [-0.2, 0) is 6.54 Å². The van der Waals surface area contributed by atoms with E-state index in [4.69, 9.17) is 5.26 Å². The Morgan fingerprint density at radius 3 is 2.75 bits per heavy atom. The molecule has 0 aliphatic heterocycles. The summed E-state index contributed by atoms with van der Waals surface area (Å²) in [6, 6.07) is 7.81. The van der Waals surface area contributed by atoms with Gasteiger partial charge in [-0.1, -0.05) is 6.07 Å². The summed E-state index contributed by atoms with van der Waals surface area (Å²) in [6.07, 6.45) is 0. The number of nitriles is 1. The minimum absolute atomic E-state index is 0.0639. The van der Waals surface area contributed by atoms with Crippen molar-refractivity contribution >= 4 is 17.4 Å². The van der Waals surface area contributed by atoms with Crippen molar-refractivity contribution in [2.75, 3.05) is 20.6 Å². The number of hydrogen-bond acceptors (Lipinski definition) is 4. The lowest BCUT2D eigenvalue weighted by atomic mass is 10.1. The van der Waals surface area contributed by atoms with Crippen molar-refractivity contribution in [2.24, 2.45) is 0 Å². The third-order valence-electron chi connectivity index (χ3n) is 3.63. The van der Waals surface area contributed by atoms with Crippen molar-refractivity contribution in [2.45, 2.75) is 12.6 Å². The molecule has 0 saturated heterocycles. The zero-order chi connectivity index (χ0) is 17.5. The van der Waals surface area contributed by atoms with Crippen LogP contribution in [0.5, 0.6) is 0 Å². The fourth-order valence-electron chi connectivity index (χ4n) is 2.25. The molecule has 0 saturated carbocycles. The SMILES string of the molecule is CN(C)[C@@H](CNC(=O)NCc1ccc(C#N)cc1F)c1ccsc1. The van der Waals surface area contributed by atoms with Crippen molar-refractivity contribution < 1.29 is 9.18 Å². The van der Waals surface area contributed by atoms with Crippen LogP contribution in [0.15, 0.2) is 35.0 Å². The molecule has 1 aromatic carbocycles. The second kappa shape index (κ2) is 8.43. The smallest absolute Gasteiger partial charge is 0.315 e. The number of rotatable bonds is 6. The average molecular weight is 346 g/mol. The number of likely N-dealkylation sites (N-methyl/N-ethyl adjacent to an activating group) is 1. The fraction of sp³-hybridized carbons (Fsp3) is 0.294. The second-order valence-corrected chi connectivity index (χ2v) is 6.30. The third-order valence-corrected chi connectivity index (χ3v) is 4.33. The van der Waals surface area contributed by atoms with Gasteiger partial charge < -0.3 is 15.5 Å². The van der Waals surface area contributed by atoms with Gasteiger partial charge in [0.2, 0.25) is 0 Å². The highest BCUT2D eigenvalue weighted by molar-refractivity contribution is 7.07. The van der Waals surface area contributed by atoms with Crippen molar-refractivity contribution in [1.29, 1.82) is 5.26 Å². The molecule has 0 unspecified atom stereocenters. The number of nitrogens with one attached hydrogen (secondary N) is 2. The van der Waals surface area contributed by atoms with Gasteiger partial charge in [0.25, 0.3) is 0 Å². The van der Waals surface area contributed by atoms with E-state index in [2.05, 4.69) is 16.0 Å². The Morgan fingerprint density at radius 2 is 2.17 bits per heavy atom. The monoisotopic (exact) mass is 346 g/mol. The van der Waals surface area contributed by atoms with E-state index in [1.165, 1.54) is 12.1 Å². The predicted molar refractivity (Wildman–Crippen MR) is 92.1 cm³/mol. The van der Waals surface area contributed by atoms with E-state index < -0.39 is 5.82 Å². The largest absolute Gasteiger partial charge is 0.336 e. The summed E-state index contributed by atoms with van der Waals surface area (Å²) in [5.41, 5.74) is 1.74. The highest BCUT2D eigenvalue weighted by Gasteiger charge is 2.15. The van der Waals surface area contributed by atoms with Gasteiger partial charge in [-0.3, -0.25) is 0 Å². The Hall–Kier alpha value is -2.43. The molecule has 0 bridgehead atoms. The molecule has 1 atom stereocenters. The normalized spacial score (nSPS) is 11.8. The minimum atomic E-state index is -0.501. The molecule has 7 heteroatoms. The van der Waals surface area contributed by atoms with Crippen LogP contribution in [0.2, 0.25) is 0 Å². The summed E-state index contributed by atoms with van der Waals surface area (Å²) in [5.74, 6) is -0.501. The minimum Gasteiger partial charge on any atom is -0.336 e. The number of thiophene rings is 1. The van der Waals surface area contributed by atoms with Gasteiger partial charge in [-0.2, -0.15) is 16.6 Å². The maximum absolute atomic E-state index is 13.8. The van der Waals surface area contributed by atoms with Crippen LogP contribution in [-0.4, -0.2) is 31.6 Å². The molecule has 2 aromatic rings. The molecule has 5 nitrogen and oxygen atoms in total. The van der Waals surface area contributed by atoms with Gasteiger partial charge in [0.05, 0.1) is 17.7 Å². The lowest BCUT2D eigenvalue weighted by molar-refractivity contribution is 0.232. The number of carbonyl (C=O) groups excluding carboxylic acids is 1. The fourth-order valence-corrected chi connectivity index (χ4v) is 2.96. The second-order valence-electron chi connectivity index (χ2n) is 5.52. The van der Waals surface area contributed by atoms with E-state index in [0.717, 1.165) is 11.6 Å². The Labute approximate surface area is 144 Å². The van der Waals surface area contributed by atoms with E-state index in [0.29, 0.717) is 12.1 Å². The van der Waals surface area contributed by atoms with Crippen LogP contribution in [0.25, 0.3) is 0 Å². The molecule has 1 aromatic heterocycles. The van der Waals surface area contributed by atoms with E-state index in [9.17, 15) is 9.18 Å². The topological polar surface area (TPSA) is 68.2 Å². The van der Waals surface area contributed by atoms with Gasteiger partial charge in [0.1, 0.15) is 5.82 Å². The van der Waals surface area contributed by atoms with E-state index in [1.807, 2.05) is 36.5 Å². The van der Waals surface area contributed by atoms with Crippen LogP contribution in [0.1, 0.15) is 22.7 Å². The molecule has 0 aliphatic carbocycles. The van der Waals surface area contributed by atoms with Gasteiger partial charge in [0, 0.05) is 18.7 Å². The number of amides is 2. The molecule has 0 spiro atoms. The average Bonchev–Trinajstić information content (AvgIpc) is 3.07.